The van der Waals surface area contributed by atoms with Crippen LogP contribution in [0, 0.1) is 20.2 Å². The Morgan fingerprint density at radius 2 is 0.979 bits per heavy atom. The average Bonchev–Trinajstić information content (AvgIpc) is 3.04. The smallest absolute Gasteiger partial charge is 0.337 e. The van der Waals surface area contributed by atoms with Crippen molar-refractivity contribution in [3.8, 4) is 0 Å². The lowest BCUT2D eigenvalue weighted by Gasteiger charge is -2.04. The van der Waals surface area contributed by atoms with Gasteiger partial charge in [-0.3, -0.25) is 25.0 Å². The number of hydrogen-bond acceptors (Lipinski definition) is 12. The first-order chi connectivity index (χ1) is 22.1. The van der Waals surface area contributed by atoms with Gasteiger partial charge >= 0.3 is 17.9 Å². The minimum atomic E-state index is -0.690. The summed E-state index contributed by atoms with van der Waals surface area (Å²) in [5.74, 6) is -1.57. The number of nitrogen functional groups attached to an aromatic ring is 1. The third kappa shape index (κ3) is 13.2. The molecule has 0 saturated heterocycles. The molecule has 3 aromatic rings. The third-order valence-corrected chi connectivity index (χ3v) is 6.37. The Bertz CT molecular complexity index is 1740. The number of hydrogen-bond donors (Lipinski definition) is 1. The summed E-state index contributed by atoms with van der Waals surface area (Å²) in [6.45, 7) is 0. The predicted molar refractivity (Wildman–Crippen MR) is 188 cm³/mol. The zero-order chi connectivity index (χ0) is 35.8. The lowest BCUT2D eigenvalue weighted by Crippen LogP contribution is -2.03. The molecule has 0 spiro atoms. The number of nitro benzene ring substituents is 2. The van der Waals surface area contributed by atoms with Crippen LogP contribution in [-0.4, -0.2) is 55.4 Å². The van der Waals surface area contributed by atoms with E-state index in [-0.39, 0.29) is 34.0 Å². The minimum absolute atomic E-state index is 0.0888. The Morgan fingerprint density at radius 1 is 0.638 bits per heavy atom. The fourth-order valence-corrected chi connectivity index (χ4v) is 4.31. The number of aldehydes is 1. The molecule has 0 amide bonds. The highest BCUT2D eigenvalue weighted by Crippen LogP contribution is 2.27. The summed E-state index contributed by atoms with van der Waals surface area (Å²) in [6, 6.07) is 12.4. The molecule has 47 heavy (non-hydrogen) atoms. The Balaban J connectivity index is 0.000000353. The lowest BCUT2D eigenvalue weighted by atomic mass is 10.1. The predicted octanol–water partition coefficient (Wildman–Crippen LogP) is 7.81. The number of methoxy groups -OCH3 is 3. The molecule has 0 saturated carbocycles. The standard InChI is InChI=1S/C10H7Br2NO4.C10H9Br2NO2.C9H7NO5/c1-17-10(14)6-2-3-8(13(15)16)7(4-6)5-9(11)12;1-15-10(14)6-2-3-8(13)7(4-6)5-9(11)12;1-15-9(12)6-2-3-8(10(13)14)7(4-6)5-11/h2-5H,1H3;2-5H,13H2,1H3;2-5H,1H3. The van der Waals surface area contributed by atoms with E-state index in [1.807, 2.05) is 0 Å². The highest BCUT2D eigenvalue weighted by Gasteiger charge is 2.17. The summed E-state index contributed by atoms with van der Waals surface area (Å²) in [5.41, 5.74) is 7.65. The van der Waals surface area contributed by atoms with Gasteiger partial charge in [-0.1, -0.05) is 0 Å². The Morgan fingerprint density at radius 3 is 1.34 bits per heavy atom. The minimum Gasteiger partial charge on any atom is -0.465 e. The average molecular weight is 909 g/mol. The van der Waals surface area contributed by atoms with Gasteiger partial charge in [0.15, 0.2) is 6.29 Å². The zero-order valence-corrected chi connectivity index (χ0v) is 30.7. The molecule has 0 unspecified atom stereocenters. The summed E-state index contributed by atoms with van der Waals surface area (Å²) < 4.78 is 14.9. The monoisotopic (exact) mass is 905 g/mol. The number of rotatable bonds is 8. The summed E-state index contributed by atoms with van der Waals surface area (Å²) in [5, 5.41) is 21.2. The van der Waals surface area contributed by atoms with E-state index in [0.29, 0.717) is 26.5 Å². The van der Waals surface area contributed by atoms with Crippen LogP contribution in [0.2, 0.25) is 0 Å². The first-order valence-corrected chi connectivity index (χ1v) is 15.5. The summed E-state index contributed by atoms with van der Waals surface area (Å²) in [4.78, 5) is 64.2. The molecule has 0 aromatic heterocycles. The molecule has 18 heteroatoms. The van der Waals surface area contributed by atoms with Crippen LogP contribution in [0.3, 0.4) is 0 Å². The van der Waals surface area contributed by atoms with Crippen molar-refractivity contribution in [1.29, 1.82) is 0 Å². The molecule has 14 nitrogen and oxygen atoms in total. The fourth-order valence-electron chi connectivity index (χ4n) is 3.32. The molecule has 0 heterocycles. The van der Waals surface area contributed by atoms with Gasteiger partial charge in [0.1, 0.15) is 0 Å². The van der Waals surface area contributed by atoms with Gasteiger partial charge < -0.3 is 19.9 Å². The van der Waals surface area contributed by atoms with Gasteiger partial charge in [0.25, 0.3) is 11.4 Å². The number of esters is 3. The van der Waals surface area contributed by atoms with E-state index >= 15 is 0 Å². The first kappa shape index (κ1) is 40.8. The third-order valence-electron chi connectivity index (χ3n) is 5.45. The van der Waals surface area contributed by atoms with Crippen molar-refractivity contribution in [3.63, 3.8) is 0 Å². The maximum Gasteiger partial charge on any atom is 0.337 e. The summed E-state index contributed by atoms with van der Waals surface area (Å²) in [6.07, 6.45) is 3.58. The van der Waals surface area contributed by atoms with Crippen molar-refractivity contribution in [1.82, 2.24) is 0 Å². The Kier molecular flexibility index (Phi) is 17.4. The van der Waals surface area contributed by atoms with Crippen LogP contribution in [0.15, 0.2) is 61.4 Å². The van der Waals surface area contributed by atoms with Crippen LogP contribution < -0.4 is 5.73 Å². The number of nitrogens with two attached hydrogens (primary N) is 1. The fraction of sp³-hybridized carbons (Fsp3) is 0.103. The first-order valence-electron chi connectivity index (χ1n) is 12.3. The van der Waals surface area contributed by atoms with Gasteiger partial charge in [-0.25, -0.2) is 14.4 Å². The largest absolute Gasteiger partial charge is 0.465 e. The van der Waals surface area contributed by atoms with E-state index in [2.05, 4.69) is 77.9 Å². The number of carbonyl (C=O) groups is 4. The van der Waals surface area contributed by atoms with Crippen molar-refractivity contribution >= 4 is 117 Å². The topological polar surface area (TPSA) is 208 Å². The van der Waals surface area contributed by atoms with Crippen LogP contribution in [0.4, 0.5) is 17.1 Å². The molecule has 0 radical (unpaired) electrons. The number of nitrogens with zero attached hydrogens (tertiary/aromatic N) is 2. The van der Waals surface area contributed by atoms with Crippen molar-refractivity contribution in [2.75, 3.05) is 27.1 Å². The lowest BCUT2D eigenvalue weighted by molar-refractivity contribution is -0.385. The zero-order valence-electron chi connectivity index (χ0n) is 24.4. The second-order valence-electron chi connectivity index (χ2n) is 8.37. The molecular weight excluding hydrogens is 886 g/mol. The second-order valence-corrected chi connectivity index (χ2v) is 13.9. The van der Waals surface area contributed by atoms with E-state index < -0.39 is 21.8 Å². The van der Waals surface area contributed by atoms with Crippen LogP contribution in [0.5, 0.6) is 0 Å². The molecule has 0 bridgehead atoms. The number of carbonyl (C=O) groups excluding carboxylic acids is 4. The highest BCUT2D eigenvalue weighted by atomic mass is 79.9. The van der Waals surface area contributed by atoms with Crippen LogP contribution in [-0.2, 0) is 14.2 Å². The summed E-state index contributed by atoms with van der Waals surface area (Å²) in [7, 11) is 3.78. The molecule has 248 valence electrons. The van der Waals surface area contributed by atoms with Gasteiger partial charge in [0.2, 0.25) is 0 Å². The second kappa shape index (κ2) is 20.1. The quantitative estimate of drug-likeness (QED) is 0.0573. The van der Waals surface area contributed by atoms with E-state index in [1.165, 1.54) is 51.7 Å². The molecule has 3 aromatic carbocycles. The number of ether oxygens (including phenoxy) is 3. The van der Waals surface area contributed by atoms with E-state index in [0.717, 1.165) is 21.1 Å². The number of anilines is 1. The highest BCUT2D eigenvalue weighted by molar-refractivity contribution is 9.28. The van der Waals surface area contributed by atoms with Gasteiger partial charge in [0.05, 0.1) is 65.8 Å². The number of halogens is 4. The molecule has 0 atom stereocenters. The van der Waals surface area contributed by atoms with Crippen molar-refractivity contribution in [3.05, 3.63) is 115 Å². The SMILES string of the molecule is COC(=O)c1ccc(N)c(C=C(Br)Br)c1.COC(=O)c1ccc([N+](=O)[O-])c(C=C(Br)Br)c1.COC(=O)c1ccc([N+](=O)[O-])c(C=O)c1. The molecule has 2 N–H and O–H groups in total. The van der Waals surface area contributed by atoms with Gasteiger partial charge in [-0.05, 0) is 124 Å². The molecule has 0 aliphatic carbocycles. The number of benzene rings is 3. The van der Waals surface area contributed by atoms with Gasteiger partial charge in [-0.2, -0.15) is 0 Å². The summed E-state index contributed by atoms with van der Waals surface area (Å²) >= 11 is 12.7. The maximum absolute atomic E-state index is 11.3. The van der Waals surface area contributed by atoms with Crippen molar-refractivity contribution in [2.45, 2.75) is 0 Å². The molecule has 0 aliphatic heterocycles. The van der Waals surface area contributed by atoms with Crippen LogP contribution >= 0.6 is 63.7 Å². The number of nitro groups is 2. The van der Waals surface area contributed by atoms with E-state index in [9.17, 15) is 39.4 Å². The van der Waals surface area contributed by atoms with E-state index in [1.54, 1.807) is 24.3 Å². The molecule has 3 rings (SSSR count). The van der Waals surface area contributed by atoms with Crippen molar-refractivity contribution in [2.24, 2.45) is 0 Å². The molecule has 0 fully saturated rings. The van der Waals surface area contributed by atoms with Gasteiger partial charge in [0, 0.05) is 17.8 Å². The molecular formula is C29H23Br4N3O11. The normalized spacial score (nSPS) is 9.51. The molecule has 0 aliphatic rings. The van der Waals surface area contributed by atoms with E-state index in [4.69, 9.17) is 5.73 Å². The van der Waals surface area contributed by atoms with Crippen LogP contribution in [0.1, 0.15) is 52.6 Å². The van der Waals surface area contributed by atoms with Gasteiger partial charge in [-0.15, -0.1) is 0 Å². The van der Waals surface area contributed by atoms with Crippen LogP contribution in [0.25, 0.3) is 12.2 Å². The Labute approximate surface area is 300 Å². The van der Waals surface area contributed by atoms with Crippen molar-refractivity contribution < 1.29 is 43.2 Å². The Hall–Kier alpha value is -4.26. The maximum atomic E-state index is 11.3.